The van der Waals surface area contributed by atoms with Crippen molar-refractivity contribution >= 4 is 33.8 Å². The van der Waals surface area contributed by atoms with Gasteiger partial charge in [0, 0.05) is 31.5 Å². The zero-order valence-electron chi connectivity index (χ0n) is 21.0. The summed E-state index contributed by atoms with van der Waals surface area (Å²) in [6.45, 7) is 0.313. The van der Waals surface area contributed by atoms with Crippen molar-refractivity contribution in [2.75, 3.05) is 26.9 Å². The summed E-state index contributed by atoms with van der Waals surface area (Å²) in [4.78, 5) is 27.9. The molecule has 1 atom stereocenters. The minimum absolute atomic E-state index is 0.0482. The van der Waals surface area contributed by atoms with Crippen LogP contribution in [0, 0.1) is 0 Å². The van der Waals surface area contributed by atoms with E-state index in [2.05, 4.69) is 15.0 Å². The Balaban J connectivity index is 1.72. The number of hydrogen-bond donors (Lipinski definition) is 3. The van der Waals surface area contributed by atoms with Gasteiger partial charge in [-0.05, 0) is 37.5 Å². The standard InChI is InChI=1S/C23H26ClF3N4O8S/c1-36-8-9-37-16-6-5-14(19(11-16)39-21-17(24)10-15(12-29-21)23(25,26)27)13-38-22(33)31-40(34,35)30-18-4-2-3-7-28-20(18)32/h5-6,10-12,18,30H,2-4,7-9,13H2,1H3,(H,28,32)(H,31,33). The zero-order valence-corrected chi connectivity index (χ0v) is 22.6. The minimum Gasteiger partial charge on any atom is -0.491 e. The number of benzene rings is 1. The summed E-state index contributed by atoms with van der Waals surface area (Å²) in [6, 6.07) is 3.85. The van der Waals surface area contributed by atoms with Crippen molar-refractivity contribution < 1.29 is 50.1 Å². The Morgan fingerprint density at radius 2 is 2.00 bits per heavy atom. The van der Waals surface area contributed by atoms with Crippen LogP contribution >= 0.6 is 11.6 Å². The van der Waals surface area contributed by atoms with Crippen molar-refractivity contribution in [1.29, 1.82) is 0 Å². The molecule has 3 rings (SSSR count). The largest absolute Gasteiger partial charge is 0.491 e. The molecule has 1 fully saturated rings. The number of carbonyl (C=O) groups is 2. The zero-order chi connectivity index (χ0) is 29.3. The molecule has 1 aliphatic heterocycles. The van der Waals surface area contributed by atoms with Gasteiger partial charge in [-0.1, -0.05) is 11.6 Å². The number of hydrogen-bond acceptors (Lipinski definition) is 9. The van der Waals surface area contributed by atoms with Crippen molar-refractivity contribution in [3.63, 3.8) is 0 Å². The van der Waals surface area contributed by atoms with Gasteiger partial charge in [-0.2, -0.15) is 26.3 Å². The summed E-state index contributed by atoms with van der Waals surface area (Å²) in [6.07, 6.45) is -3.96. The molecular weight excluding hydrogens is 585 g/mol. The second-order valence-electron chi connectivity index (χ2n) is 8.36. The fourth-order valence-electron chi connectivity index (χ4n) is 3.39. The molecule has 0 saturated carbocycles. The first kappa shape index (κ1) is 31.2. The van der Waals surface area contributed by atoms with Crippen LogP contribution in [-0.4, -0.2) is 58.3 Å². The van der Waals surface area contributed by atoms with Crippen molar-refractivity contribution in [3.05, 3.63) is 46.6 Å². The molecule has 220 valence electrons. The monoisotopic (exact) mass is 610 g/mol. The molecule has 40 heavy (non-hydrogen) atoms. The molecule has 17 heteroatoms. The van der Waals surface area contributed by atoms with Gasteiger partial charge in [0.25, 0.3) is 0 Å². The molecule has 0 aliphatic carbocycles. The number of methoxy groups -OCH3 is 1. The normalized spacial score (nSPS) is 16.0. The highest BCUT2D eigenvalue weighted by Gasteiger charge is 2.32. The van der Waals surface area contributed by atoms with Crippen LogP contribution in [0.2, 0.25) is 5.02 Å². The van der Waals surface area contributed by atoms with E-state index in [1.54, 1.807) is 4.72 Å². The van der Waals surface area contributed by atoms with Crippen LogP contribution in [0.25, 0.3) is 0 Å². The van der Waals surface area contributed by atoms with E-state index in [1.165, 1.54) is 25.3 Å². The van der Waals surface area contributed by atoms with Gasteiger partial charge in [0.2, 0.25) is 11.8 Å². The Kier molecular flexibility index (Phi) is 10.8. The molecule has 12 nitrogen and oxygen atoms in total. The lowest BCUT2D eigenvalue weighted by Gasteiger charge is -2.16. The number of aromatic nitrogens is 1. The number of halogens is 4. The molecule has 0 radical (unpaired) electrons. The summed E-state index contributed by atoms with van der Waals surface area (Å²) in [7, 11) is -2.98. The van der Waals surface area contributed by atoms with Crippen molar-refractivity contribution in [2.45, 2.75) is 38.1 Å². The highest BCUT2D eigenvalue weighted by Crippen LogP contribution is 2.36. The lowest BCUT2D eigenvalue weighted by molar-refractivity contribution is -0.137. The van der Waals surface area contributed by atoms with Gasteiger partial charge in [0.1, 0.15) is 35.8 Å². The van der Waals surface area contributed by atoms with Gasteiger partial charge in [0.15, 0.2) is 0 Å². The number of nitrogens with zero attached hydrogens (tertiary/aromatic N) is 1. The van der Waals surface area contributed by atoms with E-state index in [0.29, 0.717) is 31.6 Å². The SMILES string of the molecule is COCCOc1ccc(COC(=O)NS(=O)(=O)NC2CCCCNC2=O)c(Oc2ncc(C(F)(F)F)cc2Cl)c1. The molecule has 0 bridgehead atoms. The molecule has 1 saturated heterocycles. The van der Waals surface area contributed by atoms with Gasteiger partial charge >= 0.3 is 22.5 Å². The molecule has 1 aromatic carbocycles. The van der Waals surface area contributed by atoms with Crippen molar-refractivity contribution in [3.8, 4) is 17.4 Å². The van der Waals surface area contributed by atoms with Crippen LogP contribution in [0.1, 0.15) is 30.4 Å². The highest BCUT2D eigenvalue weighted by molar-refractivity contribution is 7.88. The van der Waals surface area contributed by atoms with E-state index < -0.39 is 51.6 Å². The molecule has 3 N–H and O–H groups in total. The third-order valence-corrected chi connectivity index (χ3v) is 6.65. The average molecular weight is 611 g/mol. The minimum atomic E-state index is -4.67. The first-order valence-corrected chi connectivity index (χ1v) is 13.6. The predicted octanol–water partition coefficient (Wildman–Crippen LogP) is 3.30. The van der Waals surface area contributed by atoms with Crippen molar-refractivity contribution in [2.24, 2.45) is 0 Å². The Labute approximate surface area is 232 Å². The van der Waals surface area contributed by atoms with Gasteiger partial charge in [-0.25, -0.2) is 14.5 Å². The van der Waals surface area contributed by atoms with Gasteiger partial charge < -0.3 is 24.3 Å². The number of alkyl halides is 3. The fourth-order valence-corrected chi connectivity index (χ4v) is 4.53. The van der Waals surface area contributed by atoms with Crippen LogP contribution in [0.15, 0.2) is 30.5 Å². The Morgan fingerprint density at radius 3 is 2.70 bits per heavy atom. The van der Waals surface area contributed by atoms with Crippen LogP contribution < -0.4 is 24.2 Å². The average Bonchev–Trinajstić information content (AvgIpc) is 3.07. The van der Waals surface area contributed by atoms with Crippen LogP contribution in [0.3, 0.4) is 0 Å². The smallest absolute Gasteiger partial charge is 0.422 e. The summed E-state index contributed by atoms with van der Waals surface area (Å²) in [5, 5.41) is 2.13. The first-order chi connectivity index (χ1) is 18.9. The maximum Gasteiger partial charge on any atom is 0.422 e. The quantitative estimate of drug-likeness (QED) is 0.325. The number of amides is 2. The molecule has 1 unspecified atom stereocenters. The molecule has 0 spiro atoms. The molecular formula is C23H26ClF3N4O8S. The second-order valence-corrected chi connectivity index (χ2v) is 10.2. The number of pyridine rings is 1. The molecule has 2 amide bonds. The lowest BCUT2D eigenvalue weighted by Crippen LogP contribution is -2.50. The van der Waals surface area contributed by atoms with Gasteiger partial charge in [-0.15, -0.1) is 0 Å². The summed E-state index contributed by atoms with van der Waals surface area (Å²) in [5.74, 6) is -0.658. The third kappa shape index (κ3) is 9.39. The lowest BCUT2D eigenvalue weighted by atomic mass is 10.1. The van der Waals surface area contributed by atoms with Crippen LogP contribution in [0.4, 0.5) is 18.0 Å². The third-order valence-electron chi connectivity index (χ3n) is 5.35. The predicted molar refractivity (Wildman–Crippen MR) is 134 cm³/mol. The number of nitrogens with one attached hydrogen (secondary N) is 3. The van der Waals surface area contributed by atoms with Gasteiger partial charge in [-0.3, -0.25) is 4.79 Å². The number of ether oxygens (including phenoxy) is 4. The second kappa shape index (κ2) is 13.8. The van der Waals surface area contributed by atoms with Gasteiger partial charge in [0.05, 0.1) is 12.2 Å². The summed E-state index contributed by atoms with van der Waals surface area (Å²) >= 11 is 5.95. The highest BCUT2D eigenvalue weighted by atomic mass is 35.5. The first-order valence-electron chi connectivity index (χ1n) is 11.8. The van der Waals surface area contributed by atoms with Crippen molar-refractivity contribution in [1.82, 2.24) is 19.7 Å². The van der Waals surface area contributed by atoms with E-state index in [1.807, 2.05) is 0 Å². The Bertz CT molecular complexity index is 1310. The summed E-state index contributed by atoms with van der Waals surface area (Å²) < 4.78 is 88.4. The van der Waals surface area contributed by atoms with E-state index in [9.17, 15) is 31.2 Å². The number of carbonyl (C=O) groups excluding carboxylic acids is 2. The van der Waals surface area contributed by atoms with Crippen LogP contribution in [0.5, 0.6) is 17.4 Å². The van der Waals surface area contributed by atoms with E-state index in [0.717, 1.165) is 0 Å². The molecule has 1 aromatic heterocycles. The molecule has 1 aliphatic rings. The molecule has 2 heterocycles. The Hall–Kier alpha value is -3.34. The molecule has 2 aromatic rings. The van der Waals surface area contributed by atoms with E-state index in [-0.39, 0.29) is 42.6 Å². The number of rotatable bonds is 11. The summed E-state index contributed by atoms with van der Waals surface area (Å²) in [5.41, 5.74) is -0.918. The van der Waals surface area contributed by atoms with Crippen LogP contribution in [-0.2, 0) is 37.3 Å². The fraction of sp³-hybridized carbons (Fsp3) is 0.435. The topological polar surface area (TPSA) is 154 Å². The maximum atomic E-state index is 13.0. The Morgan fingerprint density at radius 1 is 1.23 bits per heavy atom. The maximum absolute atomic E-state index is 13.0. The van der Waals surface area contributed by atoms with E-state index >= 15 is 0 Å². The van der Waals surface area contributed by atoms with E-state index in [4.69, 9.17) is 30.5 Å².